The Balaban J connectivity index is 2.31. The topological polar surface area (TPSA) is 9.23 Å². The van der Waals surface area contributed by atoms with Gasteiger partial charge in [0.1, 0.15) is 5.75 Å². The zero-order chi connectivity index (χ0) is 11.5. The van der Waals surface area contributed by atoms with Gasteiger partial charge in [0.2, 0.25) is 0 Å². The molecule has 0 aliphatic heterocycles. The Morgan fingerprint density at radius 3 is 2.81 bits per heavy atom. The predicted molar refractivity (Wildman–Crippen MR) is 67.9 cm³/mol. The van der Waals surface area contributed by atoms with Gasteiger partial charge in [-0.05, 0) is 49.8 Å². The van der Waals surface area contributed by atoms with Gasteiger partial charge in [-0.15, -0.1) is 6.58 Å². The van der Waals surface area contributed by atoms with E-state index in [2.05, 4.69) is 31.7 Å². The molecule has 2 rings (SSSR count). The lowest BCUT2D eigenvalue weighted by atomic mass is 9.97. The minimum atomic E-state index is 0.174. The first-order valence-corrected chi connectivity index (χ1v) is 5.98. The Bertz CT molecular complexity index is 377. The van der Waals surface area contributed by atoms with Gasteiger partial charge in [-0.3, -0.25) is 0 Å². The Hall–Kier alpha value is -1.24. The molecule has 0 aromatic heterocycles. The Morgan fingerprint density at radius 2 is 2.25 bits per heavy atom. The van der Waals surface area contributed by atoms with Crippen molar-refractivity contribution in [1.29, 1.82) is 0 Å². The zero-order valence-corrected chi connectivity index (χ0v) is 9.91. The normalized spacial score (nSPS) is 16.9. The van der Waals surface area contributed by atoms with Crippen molar-refractivity contribution in [3.05, 3.63) is 48.9 Å². The van der Waals surface area contributed by atoms with E-state index in [1.54, 1.807) is 0 Å². The molecule has 0 spiro atoms. The molecule has 1 aromatic carbocycles. The van der Waals surface area contributed by atoms with Gasteiger partial charge in [-0.2, -0.15) is 0 Å². The van der Waals surface area contributed by atoms with Crippen molar-refractivity contribution in [2.24, 2.45) is 0 Å². The maximum absolute atomic E-state index is 5.66. The third-order valence-electron chi connectivity index (χ3n) is 3.06. The number of hydrogen-bond donors (Lipinski definition) is 0. The highest BCUT2D eigenvalue weighted by atomic mass is 16.5. The van der Waals surface area contributed by atoms with Crippen LogP contribution in [0.1, 0.15) is 42.7 Å². The summed E-state index contributed by atoms with van der Waals surface area (Å²) in [5.74, 6) is 1.93. The summed E-state index contributed by atoms with van der Waals surface area (Å²) >= 11 is 0. The highest BCUT2D eigenvalue weighted by Crippen LogP contribution is 2.45. The molecule has 1 fully saturated rings. The summed E-state index contributed by atoms with van der Waals surface area (Å²) in [7, 11) is 0. The van der Waals surface area contributed by atoms with Crippen LogP contribution in [-0.2, 0) is 0 Å². The molecule has 85 valence electrons. The fourth-order valence-corrected chi connectivity index (χ4v) is 1.93. The number of rotatable bonds is 5. The van der Waals surface area contributed by atoms with Crippen LogP contribution in [0.4, 0.5) is 0 Å². The van der Waals surface area contributed by atoms with Crippen molar-refractivity contribution in [2.75, 3.05) is 6.61 Å². The monoisotopic (exact) mass is 215 g/mol. The number of benzene rings is 1. The first kappa shape index (κ1) is 11.3. The summed E-state index contributed by atoms with van der Waals surface area (Å²) in [5.41, 5.74) is 2.59. The zero-order valence-electron chi connectivity index (χ0n) is 9.91. The molecule has 0 heterocycles. The van der Waals surface area contributed by atoms with Crippen molar-refractivity contribution in [3.8, 4) is 5.75 Å². The molecule has 16 heavy (non-hydrogen) atoms. The molecule has 1 aliphatic rings. The molecule has 1 heteroatoms. The predicted octanol–water partition coefficient (Wildman–Crippen LogP) is 4.07. The smallest absolute Gasteiger partial charge is 0.122 e. The highest BCUT2D eigenvalue weighted by Gasteiger charge is 2.27. The van der Waals surface area contributed by atoms with Crippen LogP contribution >= 0.6 is 0 Å². The second-order valence-electron chi connectivity index (χ2n) is 4.35. The van der Waals surface area contributed by atoms with Crippen LogP contribution in [0.5, 0.6) is 5.75 Å². The third kappa shape index (κ3) is 2.29. The first-order chi connectivity index (χ1) is 7.76. The quantitative estimate of drug-likeness (QED) is 0.673. The van der Waals surface area contributed by atoms with E-state index >= 15 is 0 Å². The van der Waals surface area contributed by atoms with Crippen LogP contribution in [0.3, 0.4) is 0 Å². The number of ether oxygens (including phenoxy) is 1. The molecule has 0 N–H and O–H groups in total. The maximum Gasteiger partial charge on any atom is 0.122 e. The first-order valence-electron chi connectivity index (χ1n) is 5.98. The maximum atomic E-state index is 5.66. The van der Waals surface area contributed by atoms with Crippen molar-refractivity contribution < 1.29 is 4.74 Å². The fraction of sp³-hybridized carbons (Fsp3) is 0.400. The van der Waals surface area contributed by atoms with E-state index in [0.717, 1.165) is 12.4 Å². The van der Waals surface area contributed by atoms with E-state index in [9.17, 15) is 0 Å². The van der Waals surface area contributed by atoms with E-state index in [1.165, 1.54) is 24.0 Å². The van der Waals surface area contributed by atoms with Gasteiger partial charge >= 0.3 is 0 Å². The van der Waals surface area contributed by atoms with Crippen molar-refractivity contribution in [2.45, 2.75) is 31.6 Å². The number of hydrogen-bond acceptors (Lipinski definition) is 1. The van der Waals surface area contributed by atoms with E-state index < -0.39 is 0 Å². The average molecular weight is 215 g/mol. The molecule has 0 amide bonds. The molecular weight excluding hydrogens is 196 g/mol. The highest BCUT2D eigenvalue weighted by molar-refractivity contribution is 5.43. The van der Waals surface area contributed by atoms with Crippen LogP contribution in [0.15, 0.2) is 30.9 Å². The Kier molecular flexibility index (Phi) is 3.33. The molecule has 1 radical (unpaired) electrons. The second-order valence-corrected chi connectivity index (χ2v) is 4.35. The van der Waals surface area contributed by atoms with Crippen LogP contribution in [0, 0.1) is 6.92 Å². The van der Waals surface area contributed by atoms with E-state index in [1.807, 2.05) is 13.0 Å². The number of allylic oxidation sites excluding steroid dienone is 1. The van der Waals surface area contributed by atoms with Crippen molar-refractivity contribution >= 4 is 0 Å². The largest absolute Gasteiger partial charge is 0.494 e. The van der Waals surface area contributed by atoms with Crippen LogP contribution in [0.2, 0.25) is 0 Å². The van der Waals surface area contributed by atoms with Gasteiger partial charge in [-0.25, -0.2) is 0 Å². The average Bonchev–Trinajstić information content (AvgIpc) is 3.13. The summed E-state index contributed by atoms with van der Waals surface area (Å²) in [6.45, 7) is 10.6. The van der Waals surface area contributed by atoms with Gasteiger partial charge in [0.25, 0.3) is 0 Å². The van der Waals surface area contributed by atoms with Crippen molar-refractivity contribution in [3.63, 3.8) is 0 Å². The lowest BCUT2D eigenvalue weighted by Crippen LogP contribution is -1.98. The summed E-state index contributed by atoms with van der Waals surface area (Å²) in [6.07, 6.45) is 4.46. The standard InChI is InChI=1S/C15H19O/c1-4-11(3)13-8-9-15(16-5-2)14(10-13)12-6-7-12/h4,8-12H,1,3,5-7H2,2H3. The molecule has 1 saturated carbocycles. The van der Waals surface area contributed by atoms with Gasteiger partial charge in [-0.1, -0.05) is 18.2 Å². The van der Waals surface area contributed by atoms with Gasteiger partial charge in [0.15, 0.2) is 0 Å². The summed E-state index contributed by atoms with van der Waals surface area (Å²) in [4.78, 5) is 0. The lowest BCUT2D eigenvalue weighted by Gasteiger charge is -2.13. The van der Waals surface area contributed by atoms with Crippen molar-refractivity contribution in [1.82, 2.24) is 0 Å². The minimum Gasteiger partial charge on any atom is -0.494 e. The molecule has 1 unspecified atom stereocenters. The van der Waals surface area contributed by atoms with Crippen LogP contribution < -0.4 is 4.74 Å². The Morgan fingerprint density at radius 1 is 1.50 bits per heavy atom. The van der Waals surface area contributed by atoms with Gasteiger partial charge in [0.05, 0.1) is 6.61 Å². The molecule has 1 nitrogen and oxygen atoms in total. The Labute approximate surface area is 98.1 Å². The molecule has 0 bridgehead atoms. The lowest BCUT2D eigenvalue weighted by molar-refractivity contribution is 0.336. The molecule has 1 aliphatic carbocycles. The second kappa shape index (κ2) is 4.73. The van der Waals surface area contributed by atoms with Gasteiger partial charge in [0, 0.05) is 5.92 Å². The van der Waals surface area contributed by atoms with Gasteiger partial charge < -0.3 is 4.74 Å². The fourth-order valence-electron chi connectivity index (χ4n) is 1.93. The van der Waals surface area contributed by atoms with E-state index in [0.29, 0.717) is 5.92 Å². The SMILES string of the molecule is [CH2]C(C=C)c1ccc(OCC)c(C2CC2)c1. The van der Waals surface area contributed by atoms with E-state index in [4.69, 9.17) is 4.74 Å². The molecule has 0 saturated heterocycles. The summed E-state index contributed by atoms with van der Waals surface area (Å²) < 4.78 is 5.66. The molecule has 1 atom stereocenters. The minimum absolute atomic E-state index is 0.174. The summed E-state index contributed by atoms with van der Waals surface area (Å²) in [6, 6.07) is 6.41. The molecular formula is C15H19O. The summed E-state index contributed by atoms with van der Waals surface area (Å²) in [5, 5.41) is 0. The molecule has 1 aromatic rings. The third-order valence-corrected chi connectivity index (χ3v) is 3.06. The van der Waals surface area contributed by atoms with Crippen LogP contribution in [0.25, 0.3) is 0 Å². The van der Waals surface area contributed by atoms with E-state index in [-0.39, 0.29) is 5.92 Å². The van der Waals surface area contributed by atoms with Crippen LogP contribution in [-0.4, -0.2) is 6.61 Å².